The highest BCUT2D eigenvalue weighted by Crippen LogP contribution is 2.27. The lowest BCUT2D eigenvalue weighted by atomic mass is 10.3. The zero-order valence-electron chi connectivity index (χ0n) is 11.5. The molecule has 1 aromatic carbocycles. The van der Waals surface area contributed by atoms with Crippen LogP contribution in [0.2, 0.25) is 0 Å². The normalized spacial score (nSPS) is 10.9. The Hall–Kier alpha value is -1.86. The molecule has 0 fully saturated rings. The van der Waals surface area contributed by atoms with E-state index in [0.717, 1.165) is 0 Å². The summed E-state index contributed by atoms with van der Waals surface area (Å²) in [6, 6.07) is 4.26. The maximum Gasteiger partial charge on any atom is 0.240 e. The summed E-state index contributed by atoms with van der Waals surface area (Å²) in [7, 11) is -2.20. The molecule has 0 atom stereocenters. The van der Waals surface area contributed by atoms with Crippen LogP contribution in [-0.4, -0.2) is 28.0 Å². The molecule has 110 valence electrons. The minimum atomic E-state index is -3.64. The number of hydrogen-bond acceptors (Lipinski definition) is 4. The molecule has 7 heteroatoms. The second kappa shape index (κ2) is 7.06. The smallest absolute Gasteiger partial charge is 0.240 e. The average molecular weight is 298 g/mol. The van der Waals surface area contributed by atoms with Gasteiger partial charge in [0.2, 0.25) is 15.9 Å². The molecular formula is C13H18N2O4S. The van der Waals surface area contributed by atoms with Gasteiger partial charge >= 0.3 is 0 Å². The van der Waals surface area contributed by atoms with Crippen LogP contribution in [0.3, 0.4) is 0 Å². The highest BCUT2D eigenvalue weighted by atomic mass is 32.2. The van der Waals surface area contributed by atoms with Crippen molar-refractivity contribution in [1.82, 2.24) is 4.72 Å². The van der Waals surface area contributed by atoms with E-state index in [1.54, 1.807) is 6.92 Å². The number of hydrogen-bond donors (Lipinski definition) is 2. The number of carbonyl (C=O) groups excluding carboxylic acids is 1. The Morgan fingerprint density at radius 2 is 2.15 bits per heavy atom. The van der Waals surface area contributed by atoms with E-state index in [1.165, 1.54) is 31.4 Å². The molecule has 0 aliphatic carbocycles. The summed E-state index contributed by atoms with van der Waals surface area (Å²) in [4.78, 5) is 11.5. The summed E-state index contributed by atoms with van der Waals surface area (Å²) >= 11 is 0. The van der Waals surface area contributed by atoms with Crippen LogP contribution in [-0.2, 0) is 14.8 Å². The van der Waals surface area contributed by atoms with Crippen LogP contribution in [0.1, 0.15) is 13.3 Å². The molecule has 0 aliphatic heterocycles. The molecule has 1 amide bonds. The topological polar surface area (TPSA) is 84.5 Å². The molecular weight excluding hydrogens is 280 g/mol. The fraction of sp³-hybridized carbons (Fsp3) is 0.308. The first-order chi connectivity index (χ1) is 9.44. The van der Waals surface area contributed by atoms with Crippen molar-refractivity contribution in [3.05, 3.63) is 30.9 Å². The fourth-order valence-electron chi connectivity index (χ4n) is 1.44. The van der Waals surface area contributed by atoms with E-state index in [4.69, 9.17) is 4.74 Å². The molecule has 2 N–H and O–H groups in total. The Balaban J connectivity index is 3.15. The highest BCUT2D eigenvalue weighted by molar-refractivity contribution is 7.89. The number of anilines is 1. The van der Waals surface area contributed by atoms with E-state index in [9.17, 15) is 13.2 Å². The Morgan fingerprint density at radius 3 is 2.70 bits per heavy atom. The van der Waals surface area contributed by atoms with Gasteiger partial charge in [0.1, 0.15) is 5.75 Å². The predicted molar refractivity (Wildman–Crippen MR) is 77.3 cm³/mol. The third kappa shape index (κ3) is 4.07. The third-order valence-corrected chi connectivity index (χ3v) is 3.92. The highest BCUT2D eigenvalue weighted by Gasteiger charge is 2.16. The van der Waals surface area contributed by atoms with Crippen molar-refractivity contribution in [1.29, 1.82) is 0 Å². The standard InChI is InChI=1S/C13H18N2O4S/c1-4-8-14-20(17,18)10-6-7-12(19-3)11(9-10)15-13(16)5-2/h4,6-7,9,14H,1,5,8H2,2-3H3,(H,15,16). The summed E-state index contributed by atoms with van der Waals surface area (Å²) in [5.41, 5.74) is 0.320. The van der Waals surface area contributed by atoms with Crippen LogP contribution in [0.5, 0.6) is 5.75 Å². The van der Waals surface area contributed by atoms with E-state index in [2.05, 4.69) is 16.6 Å². The molecule has 1 rings (SSSR count). The van der Waals surface area contributed by atoms with Crippen LogP contribution in [0.4, 0.5) is 5.69 Å². The Morgan fingerprint density at radius 1 is 1.45 bits per heavy atom. The van der Waals surface area contributed by atoms with Gasteiger partial charge in [0.25, 0.3) is 0 Å². The number of methoxy groups -OCH3 is 1. The van der Waals surface area contributed by atoms with Crippen LogP contribution in [0.25, 0.3) is 0 Å². The quantitative estimate of drug-likeness (QED) is 0.747. The number of nitrogens with one attached hydrogen (secondary N) is 2. The Labute approximate surface area is 118 Å². The van der Waals surface area contributed by atoms with Gasteiger partial charge in [0.05, 0.1) is 17.7 Å². The van der Waals surface area contributed by atoms with E-state index >= 15 is 0 Å². The van der Waals surface area contributed by atoms with E-state index in [-0.39, 0.29) is 23.8 Å². The number of sulfonamides is 1. The summed E-state index contributed by atoms with van der Waals surface area (Å²) in [6.07, 6.45) is 1.73. The fourth-order valence-corrected chi connectivity index (χ4v) is 2.47. The van der Waals surface area contributed by atoms with Gasteiger partial charge in [-0.1, -0.05) is 13.0 Å². The predicted octanol–water partition coefficient (Wildman–Crippen LogP) is 1.51. The molecule has 0 bridgehead atoms. The molecule has 0 saturated heterocycles. The number of rotatable bonds is 7. The zero-order chi connectivity index (χ0) is 15.2. The lowest BCUT2D eigenvalue weighted by molar-refractivity contribution is -0.115. The van der Waals surface area contributed by atoms with Crippen LogP contribution in [0.15, 0.2) is 35.7 Å². The number of benzene rings is 1. The number of amides is 1. The summed E-state index contributed by atoms with van der Waals surface area (Å²) in [5, 5.41) is 2.60. The van der Waals surface area contributed by atoms with Gasteiger partial charge in [0.15, 0.2) is 0 Å². The minimum absolute atomic E-state index is 0.0477. The Bertz CT molecular complexity index is 596. The van der Waals surface area contributed by atoms with E-state index in [0.29, 0.717) is 11.4 Å². The molecule has 0 spiro atoms. The summed E-state index contributed by atoms with van der Waals surface area (Å²) in [6.45, 7) is 5.28. The van der Waals surface area contributed by atoms with Crippen LogP contribution >= 0.6 is 0 Å². The first kappa shape index (κ1) is 16.2. The maximum atomic E-state index is 12.0. The van der Waals surface area contributed by atoms with Gasteiger partial charge < -0.3 is 10.1 Å². The summed E-state index contributed by atoms with van der Waals surface area (Å²) < 4.78 is 31.4. The third-order valence-electron chi connectivity index (χ3n) is 2.49. The number of ether oxygens (including phenoxy) is 1. The lowest BCUT2D eigenvalue weighted by Crippen LogP contribution is -2.24. The van der Waals surface area contributed by atoms with Crippen molar-refractivity contribution in [3.8, 4) is 5.75 Å². The van der Waals surface area contributed by atoms with Gasteiger partial charge in [-0.25, -0.2) is 13.1 Å². The van der Waals surface area contributed by atoms with Gasteiger partial charge in [-0.05, 0) is 18.2 Å². The van der Waals surface area contributed by atoms with Crippen molar-refractivity contribution < 1.29 is 17.9 Å². The largest absolute Gasteiger partial charge is 0.495 e. The molecule has 0 aromatic heterocycles. The molecule has 6 nitrogen and oxygen atoms in total. The molecule has 20 heavy (non-hydrogen) atoms. The van der Waals surface area contributed by atoms with Crippen LogP contribution < -0.4 is 14.8 Å². The van der Waals surface area contributed by atoms with Gasteiger partial charge in [-0.2, -0.15) is 0 Å². The molecule has 0 aliphatic rings. The Kier molecular flexibility index (Phi) is 5.72. The second-order valence-corrected chi connectivity index (χ2v) is 5.67. The zero-order valence-corrected chi connectivity index (χ0v) is 12.3. The van der Waals surface area contributed by atoms with Crippen molar-refractivity contribution in [2.45, 2.75) is 18.2 Å². The monoisotopic (exact) mass is 298 g/mol. The first-order valence-corrected chi connectivity index (χ1v) is 7.51. The second-order valence-electron chi connectivity index (χ2n) is 3.90. The molecule has 0 saturated carbocycles. The summed E-state index contributed by atoms with van der Waals surface area (Å²) in [5.74, 6) is 0.173. The lowest BCUT2D eigenvalue weighted by Gasteiger charge is -2.12. The van der Waals surface area contributed by atoms with Gasteiger partial charge in [0, 0.05) is 13.0 Å². The molecule has 1 aromatic rings. The van der Waals surface area contributed by atoms with E-state index < -0.39 is 10.0 Å². The maximum absolute atomic E-state index is 12.0. The van der Waals surface area contributed by atoms with E-state index in [1.807, 2.05) is 0 Å². The van der Waals surface area contributed by atoms with Crippen molar-refractivity contribution >= 4 is 21.6 Å². The first-order valence-electron chi connectivity index (χ1n) is 6.03. The molecule has 0 unspecified atom stereocenters. The van der Waals surface area contributed by atoms with Crippen LogP contribution in [0, 0.1) is 0 Å². The SMILES string of the molecule is C=CCNS(=O)(=O)c1ccc(OC)c(NC(=O)CC)c1. The van der Waals surface area contributed by atoms with Gasteiger partial charge in [-0.15, -0.1) is 6.58 Å². The molecule has 0 heterocycles. The van der Waals surface area contributed by atoms with Crippen molar-refractivity contribution in [2.24, 2.45) is 0 Å². The minimum Gasteiger partial charge on any atom is -0.495 e. The van der Waals surface area contributed by atoms with Crippen molar-refractivity contribution in [2.75, 3.05) is 19.0 Å². The number of carbonyl (C=O) groups is 1. The molecule has 0 radical (unpaired) electrons. The average Bonchev–Trinajstić information content (AvgIpc) is 2.44. The van der Waals surface area contributed by atoms with Crippen molar-refractivity contribution in [3.63, 3.8) is 0 Å². The van der Waals surface area contributed by atoms with Gasteiger partial charge in [-0.3, -0.25) is 4.79 Å².